The number of aromatic amines is 1. The van der Waals surface area contributed by atoms with Crippen LogP contribution in [0.5, 0.6) is 11.5 Å². The molecule has 0 radical (unpaired) electrons. The van der Waals surface area contributed by atoms with E-state index >= 15 is 0 Å². The topological polar surface area (TPSA) is 119 Å². The Morgan fingerprint density at radius 1 is 1.00 bits per heavy atom. The average Bonchev–Trinajstić information content (AvgIpc) is 3.53. The Morgan fingerprint density at radius 3 is 2.49 bits per heavy atom. The fourth-order valence-electron chi connectivity index (χ4n) is 4.67. The molecule has 0 saturated carbocycles. The molecular weight excluding hydrogens is 542 g/mol. The van der Waals surface area contributed by atoms with Gasteiger partial charge in [0.05, 0.1) is 17.1 Å². The smallest absolute Gasteiger partial charge is 0.327 e. The lowest BCUT2D eigenvalue weighted by molar-refractivity contribution is 0.262. The molecule has 0 aliphatic heterocycles. The van der Waals surface area contributed by atoms with Gasteiger partial charge in [-0.3, -0.25) is 14.9 Å². The van der Waals surface area contributed by atoms with Gasteiger partial charge in [0.1, 0.15) is 17.1 Å². The van der Waals surface area contributed by atoms with Crippen molar-refractivity contribution in [1.82, 2.24) is 24.3 Å². The van der Waals surface area contributed by atoms with Crippen molar-refractivity contribution in [2.45, 2.75) is 40.0 Å². The minimum atomic E-state index is -0.413. The molecular formula is C33H35N7O3. The van der Waals surface area contributed by atoms with Crippen molar-refractivity contribution in [2.75, 3.05) is 10.6 Å². The van der Waals surface area contributed by atoms with Crippen molar-refractivity contribution in [3.63, 3.8) is 0 Å². The second-order valence-corrected chi connectivity index (χ2v) is 11.0. The fourth-order valence-corrected chi connectivity index (χ4v) is 4.67. The van der Waals surface area contributed by atoms with Crippen LogP contribution in [0, 0.1) is 0 Å². The van der Waals surface area contributed by atoms with Gasteiger partial charge in [-0.15, -0.1) is 0 Å². The molecule has 0 aliphatic rings. The number of ether oxygens (including phenoxy) is 1. The van der Waals surface area contributed by atoms with Gasteiger partial charge in [0, 0.05) is 41.6 Å². The Hall–Kier alpha value is -5.38. The molecule has 0 bridgehead atoms. The summed E-state index contributed by atoms with van der Waals surface area (Å²) in [5, 5.41) is 12.4. The van der Waals surface area contributed by atoms with E-state index in [-0.39, 0.29) is 11.1 Å². The van der Waals surface area contributed by atoms with Gasteiger partial charge < -0.3 is 10.1 Å². The van der Waals surface area contributed by atoms with Crippen molar-refractivity contribution in [3.05, 3.63) is 101 Å². The number of urea groups is 1. The second-order valence-electron chi connectivity index (χ2n) is 11.0. The van der Waals surface area contributed by atoms with E-state index in [1.807, 2.05) is 74.6 Å². The zero-order valence-electron chi connectivity index (χ0n) is 25.1. The molecule has 5 rings (SSSR count). The van der Waals surface area contributed by atoms with E-state index in [0.29, 0.717) is 34.2 Å². The number of pyridine rings is 1. The van der Waals surface area contributed by atoms with Crippen LogP contribution in [0.3, 0.4) is 0 Å². The summed E-state index contributed by atoms with van der Waals surface area (Å²) in [5.74, 6) is 1.60. The highest BCUT2D eigenvalue weighted by Crippen LogP contribution is 2.36. The quantitative estimate of drug-likeness (QED) is 0.175. The minimum absolute atomic E-state index is 0.223. The number of rotatable bonds is 7. The number of imidazole rings is 1. The molecule has 3 aromatic heterocycles. The van der Waals surface area contributed by atoms with Crippen LogP contribution >= 0.6 is 0 Å². The van der Waals surface area contributed by atoms with Gasteiger partial charge in [0.15, 0.2) is 11.4 Å². The molecule has 0 fully saturated rings. The molecule has 5 aromatic rings. The van der Waals surface area contributed by atoms with Crippen LogP contribution in [0.25, 0.3) is 27.6 Å². The van der Waals surface area contributed by atoms with E-state index in [2.05, 4.69) is 41.4 Å². The van der Waals surface area contributed by atoms with Gasteiger partial charge in [0.25, 0.3) is 0 Å². The molecule has 3 heterocycles. The zero-order valence-corrected chi connectivity index (χ0v) is 25.1. The average molecular weight is 578 g/mol. The number of nitrogens with zero attached hydrogens (tertiary/aromatic N) is 4. The van der Waals surface area contributed by atoms with Gasteiger partial charge in [-0.05, 0) is 38.1 Å². The highest BCUT2D eigenvalue weighted by Gasteiger charge is 2.22. The third-order valence-electron chi connectivity index (χ3n) is 6.87. The van der Waals surface area contributed by atoms with E-state index < -0.39 is 6.03 Å². The Balaban J connectivity index is 1.47. The molecule has 220 valence electrons. The lowest BCUT2D eigenvalue weighted by Crippen LogP contribution is -2.21. The number of benzene rings is 2. The maximum atomic E-state index is 13.4. The summed E-state index contributed by atoms with van der Waals surface area (Å²) in [6, 6.07) is 14.4. The highest BCUT2D eigenvalue weighted by molar-refractivity contribution is 6.07. The number of hydrogen-bond donors (Lipinski definition) is 3. The Morgan fingerprint density at radius 2 is 1.77 bits per heavy atom. The number of aryl methyl sites for hydroxylation is 1. The lowest BCUT2D eigenvalue weighted by Gasteiger charge is -2.15. The molecule has 3 N–H and O–H groups in total. The van der Waals surface area contributed by atoms with E-state index in [1.165, 1.54) is 4.57 Å². The first kappa shape index (κ1) is 29.1. The van der Waals surface area contributed by atoms with Crippen LogP contribution < -0.4 is 21.1 Å². The zero-order chi connectivity index (χ0) is 30.7. The van der Waals surface area contributed by atoms with Crippen molar-refractivity contribution in [2.24, 2.45) is 7.05 Å². The number of hydrogen-bond acceptors (Lipinski definition) is 5. The van der Waals surface area contributed by atoms with Crippen LogP contribution in [0.1, 0.15) is 40.3 Å². The molecule has 2 amide bonds. The maximum Gasteiger partial charge on any atom is 0.327 e. The third-order valence-corrected chi connectivity index (χ3v) is 6.87. The third kappa shape index (κ3) is 5.99. The molecule has 0 saturated heterocycles. The summed E-state index contributed by atoms with van der Waals surface area (Å²) < 4.78 is 9.51. The van der Waals surface area contributed by atoms with Crippen LogP contribution in [0.2, 0.25) is 0 Å². The summed E-state index contributed by atoms with van der Waals surface area (Å²) in [6.45, 7) is 10.1. The van der Waals surface area contributed by atoms with Crippen molar-refractivity contribution in [1.29, 1.82) is 0 Å². The van der Waals surface area contributed by atoms with E-state index in [9.17, 15) is 9.59 Å². The van der Waals surface area contributed by atoms with Crippen molar-refractivity contribution in [3.8, 4) is 11.5 Å². The summed E-state index contributed by atoms with van der Waals surface area (Å²) in [5.41, 5.74) is 2.76. The number of H-pyrrole nitrogens is 1. The SMILES string of the molecule is C\C=C/C=C(\C=C/C)n1nc(C(C)(C)C)cc1NC(=O)Nc1ccc(Oc2ccnc3[nH]c(=O)n(C)c23)c2ccccc12. The van der Waals surface area contributed by atoms with E-state index in [1.54, 1.807) is 36.1 Å². The predicted molar refractivity (Wildman–Crippen MR) is 173 cm³/mol. The fraction of sp³-hybridized carbons (Fsp3) is 0.212. The first-order valence-corrected chi connectivity index (χ1v) is 14.0. The van der Waals surface area contributed by atoms with Gasteiger partial charge in [-0.2, -0.15) is 5.10 Å². The molecule has 10 nitrogen and oxygen atoms in total. The second kappa shape index (κ2) is 11.8. The minimum Gasteiger partial charge on any atom is -0.454 e. The summed E-state index contributed by atoms with van der Waals surface area (Å²) >= 11 is 0. The highest BCUT2D eigenvalue weighted by atomic mass is 16.5. The summed E-state index contributed by atoms with van der Waals surface area (Å²) in [4.78, 5) is 32.5. The van der Waals surface area contributed by atoms with Gasteiger partial charge in [-0.25, -0.2) is 19.3 Å². The number of allylic oxidation sites excluding steroid dienone is 6. The number of amides is 2. The molecule has 10 heteroatoms. The van der Waals surface area contributed by atoms with Gasteiger partial charge in [0.2, 0.25) is 0 Å². The molecule has 2 aromatic carbocycles. The summed E-state index contributed by atoms with van der Waals surface area (Å²) in [6.07, 6.45) is 11.3. The number of carbonyl (C=O) groups is 1. The number of anilines is 2. The number of carbonyl (C=O) groups excluding carboxylic acids is 1. The van der Waals surface area contributed by atoms with Crippen molar-refractivity contribution < 1.29 is 9.53 Å². The van der Waals surface area contributed by atoms with Crippen molar-refractivity contribution >= 4 is 45.2 Å². The Bertz CT molecular complexity index is 1970. The Kier molecular flexibility index (Phi) is 8.03. The summed E-state index contributed by atoms with van der Waals surface area (Å²) in [7, 11) is 1.66. The molecule has 43 heavy (non-hydrogen) atoms. The number of aromatic nitrogens is 5. The van der Waals surface area contributed by atoms with Crippen LogP contribution in [-0.2, 0) is 12.5 Å². The first-order valence-electron chi connectivity index (χ1n) is 14.0. The molecule has 0 aliphatic carbocycles. The number of fused-ring (bicyclic) bond motifs is 2. The van der Waals surface area contributed by atoms with E-state index in [4.69, 9.17) is 9.84 Å². The van der Waals surface area contributed by atoms with Crippen LogP contribution in [0.4, 0.5) is 16.3 Å². The Labute approximate surface area is 249 Å². The maximum absolute atomic E-state index is 13.4. The monoisotopic (exact) mass is 577 g/mol. The normalized spacial score (nSPS) is 12.6. The molecule has 0 spiro atoms. The van der Waals surface area contributed by atoms with Crippen LogP contribution in [0.15, 0.2) is 89.9 Å². The van der Waals surface area contributed by atoms with Gasteiger partial charge in [-0.1, -0.05) is 63.3 Å². The standard InChI is InChI=1S/C33H35N7O3/c1-7-9-13-21(12-8-2)40-28(20-27(38-40)33(3,4)5)36-31(41)35-24-16-17-25(23-15-11-10-14-22(23)24)43-26-18-19-34-30-29(26)39(6)32(42)37-30/h7-20H,1-6H3,(H,34,37,42)(H2,35,36,41)/b9-7-,12-8-,21-13+. The number of nitrogens with one attached hydrogen (secondary N) is 3. The lowest BCUT2D eigenvalue weighted by atomic mass is 9.92. The predicted octanol–water partition coefficient (Wildman–Crippen LogP) is 7.34. The van der Waals surface area contributed by atoms with Crippen LogP contribution in [-0.4, -0.2) is 30.3 Å². The largest absolute Gasteiger partial charge is 0.454 e. The first-order chi connectivity index (χ1) is 20.6. The van der Waals surface area contributed by atoms with E-state index in [0.717, 1.165) is 22.2 Å². The molecule has 0 atom stereocenters. The molecule has 0 unspecified atom stereocenters. The van der Waals surface area contributed by atoms with Gasteiger partial charge >= 0.3 is 11.7 Å².